The van der Waals surface area contributed by atoms with Gasteiger partial charge in [-0.1, -0.05) is 73.5 Å². The number of aromatic amines is 1. The Bertz CT molecular complexity index is 1480. The third-order valence-corrected chi connectivity index (χ3v) is 6.27. The zero-order valence-corrected chi connectivity index (χ0v) is 24.4. The molecule has 41 heavy (non-hydrogen) atoms. The van der Waals surface area contributed by atoms with Gasteiger partial charge in [0.15, 0.2) is 16.7 Å². The lowest BCUT2D eigenvalue weighted by Crippen LogP contribution is -2.29. The number of esters is 1. The summed E-state index contributed by atoms with van der Waals surface area (Å²) in [6.45, 7) is 8.96. The molecule has 0 aliphatic heterocycles. The fourth-order valence-electron chi connectivity index (χ4n) is 4.18. The normalized spacial score (nSPS) is 12.1. The predicted octanol–water partition coefficient (Wildman–Crippen LogP) is 6.23. The summed E-state index contributed by atoms with van der Waals surface area (Å²) in [5, 5.41) is 14.2. The smallest absolute Gasteiger partial charge is 0.428 e. The Labute approximate surface area is 243 Å². The van der Waals surface area contributed by atoms with Crippen molar-refractivity contribution in [1.29, 1.82) is 0 Å². The second kappa shape index (κ2) is 12.9. The molecule has 2 aromatic heterocycles. The van der Waals surface area contributed by atoms with E-state index >= 15 is 0 Å². The molecule has 1 unspecified atom stereocenters. The van der Waals surface area contributed by atoms with Gasteiger partial charge in [-0.15, -0.1) is 5.10 Å². The number of hydrogen-bond acceptors (Lipinski definition) is 9. The molecule has 0 amide bonds. The van der Waals surface area contributed by atoms with E-state index in [1.807, 2.05) is 48.5 Å². The van der Waals surface area contributed by atoms with E-state index in [-0.39, 0.29) is 10.8 Å². The minimum atomic E-state index is -1.20. The molecule has 0 bridgehead atoms. The van der Waals surface area contributed by atoms with Gasteiger partial charge in [-0.2, -0.15) is 0 Å². The summed E-state index contributed by atoms with van der Waals surface area (Å²) < 4.78 is 17.4. The lowest BCUT2D eigenvalue weighted by atomic mass is 9.98. The number of H-pyrrole nitrogens is 1. The average molecular weight is 581 g/mol. The molecule has 11 nitrogen and oxygen atoms in total. The van der Waals surface area contributed by atoms with Crippen LogP contribution in [0, 0.1) is 0 Å². The van der Waals surface area contributed by atoms with Crippen LogP contribution in [-0.2, 0) is 27.2 Å². The lowest BCUT2D eigenvalue weighted by Gasteiger charge is -2.21. The first kappa shape index (κ1) is 29.7. The van der Waals surface area contributed by atoms with Crippen LogP contribution in [0.5, 0.6) is 0 Å². The monoisotopic (exact) mass is 580 g/mol. The molecule has 0 saturated carbocycles. The maximum absolute atomic E-state index is 13.2. The first-order chi connectivity index (χ1) is 19.6. The predicted molar refractivity (Wildman–Crippen MR) is 152 cm³/mol. The number of unbranched alkanes of at least 4 members (excludes halogenated alkanes) is 1. The summed E-state index contributed by atoms with van der Waals surface area (Å²) in [6.07, 6.45) is 0.299. The Morgan fingerprint density at radius 3 is 2.39 bits per heavy atom. The van der Waals surface area contributed by atoms with E-state index in [9.17, 15) is 9.59 Å². The molecule has 216 valence electrons. The number of aromatic nitrogens is 6. The Balaban J connectivity index is 1.56. The van der Waals surface area contributed by atoms with Gasteiger partial charge in [0.2, 0.25) is 6.29 Å². The van der Waals surface area contributed by atoms with Crippen LogP contribution >= 0.6 is 11.6 Å². The maximum atomic E-state index is 13.2. The highest BCUT2D eigenvalue weighted by Gasteiger charge is 2.27. The number of carbonyl (C=O) groups excluding carboxylic acids is 2. The van der Waals surface area contributed by atoms with Crippen molar-refractivity contribution in [3.63, 3.8) is 0 Å². The van der Waals surface area contributed by atoms with Crippen LogP contribution in [0.25, 0.3) is 22.5 Å². The summed E-state index contributed by atoms with van der Waals surface area (Å²) in [7, 11) is 0. The molecule has 1 atom stereocenters. The zero-order chi connectivity index (χ0) is 29.6. The van der Waals surface area contributed by atoms with E-state index < -0.39 is 24.0 Å². The lowest BCUT2D eigenvalue weighted by molar-refractivity contribution is -0.0978. The Hall–Kier alpha value is -4.25. The highest BCUT2D eigenvalue weighted by atomic mass is 35.5. The number of nitrogens with one attached hydrogen (secondary N) is 1. The van der Waals surface area contributed by atoms with E-state index in [2.05, 4.69) is 32.5 Å². The topological polar surface area (TPSA) is 134 Å². The van der Waals surface area contributed by atoms with Gasteiger partial charge < -0.3 is 18.8 Å². The Morgan fingerprint density at radius 1 is 1.05 bits per heavy atom. The van der Waals surface area contributed by atoms with E-state index in [4.69, 9.17) is 25.8 Å². The SMILES string of the molecule is CCCCc1nc(Cl)c(C(=O)OC(C)OC(=O)OC(C)(C)C)n1Cc1ccc(-c2ccccc2-c2nnn[nH]2)cc1. The maximum Gasteiger partial charge on any atom is 0.511 e. The standard InChI is InChI=1S/C29H33ClN6O5/c1-6-7-12-23-31-25(30)24(27(37)39-18(2)40-28(38)41-29(3,4)5)36(23)17-19-13-15-20(16-14-19)21-10-8-9-11-22(21)26-32-34-35-33-26/h8-11,13-16,18H,6-7,12,17H2,1-5H3,(H,32,33,34,35). The van der Waals surface area contributed by atoms with Crippen molar-refractivity contribution in [1.82, 2.24) is 30.2 Å². The van der Waals surface area contributed by atoms with Crippen molar-refractivity contribution >= 4 is 23.7 Å². The van der Waals surface area contributed by atoms with Crippen LogP contribution in [0.15, 0.2) is 48.5 Å². The molecule has 0 radical (unpaired) electrons. The second-order valence-electron chi connectivity index (χ2n) is 10.4. The number of halogens is 1. The molecular formula is C29H33ClN6O5. The zero-order valence-electron chi connectivity index (χ0n) is 23.7. The molecule has 1 N–H and O–H groups in total. The summed E-state index contributed by atoms with van der Waals surface area (Å²) >= 11 is 6.45. The molecule has 0 aliphatic carbocycles. The van der Waals surface area contributed by atoms with Gasteiger partial charge in [-0.3, -0.25) is 0 Å². The fraction of sp³-hybridized carbons (Fsp3) is 0.379. The first-order valence-electron chi connectivity index (χ1n) is 13.3. The number of hydrogen-bond donors (Lipinski definition) is 1. The summed E-state index contributed by atoms with van der Waals surface area (Å²) in [6, 6.07) is 15.8. The van der Waals surface area contributed by atoms with Gasteiger partial charge in [0, 0.05) is 25.5 Å². The number of ether oxygens (including phenoxy) is 3. The van der Waals surface area contributed by atoms with Crippen molar-refractivity contribution in [3.05, 3.63) is 70.8 Å². The highest BCUT2D eigenvalue weighted by molar-refractivity contribution is 6.32. The van der Waals surface area contributed by atoms with E-state index in [1.54, 1.807) is 25.3 Å². The molecular weight excluding hydrogens is 548 g/mol. The summed E-state index contributed by atoms with van der Waals surface area (Å²) in [5.41, 5.74) is 3.08. The minimum absolute atomic E-state index is 0.0248. The number of aryl methyl sites for hydroxylation is 1. The minimum Gasteiger partial charge on any atom is -0.428 e. The Morgan fingerprint density at radius 2 is 1.76 bits per heavy atom. The molecule has 4 aromatic rings. The number of benzene rings is 2. The fourth-order valence-corrected chi connectivity index (χ4v) is 4.46. The molecule has 0 aliphatic rings. The van der Waals surface area contributed by atoms with Gasteiger partial charge in [-0.25, -0.2) is 19.7 Å². The molecule has 2 heterocycles. The van der Waals surface area contributed by atoms with Crippen LogP contribution < -0.4 is 0 Å². The van der Waals surface area contributed by atoms with E-state index in [0.717, 1.165) is 35.1 Å². The molecule has 0 fully saturated rings. The van der Waals surface area contributed by atoms with Gasteiger partial charge in [0.25, 0.3) is 0 Å². The number of nitrogens with zero attached hydrogens (tertiary/aromatic N) is 5. The van der Waals surface area contributed by atoms with E-state index in [1.165, 1.54) is 6.92 Å². The average Bonchev–Trinajstić information content (AvgIpc) is 3.55. The highest BCUT2D eigenvalue weighted by Crippen LogP contribution is 2.30. The molecule has 12 heteroatoms. The molecule has 0 saturated heterocycles. The van der Waals surface area contributed by atoms with Crippen molar-refractivity contribution in [2.75, 3.05) is 0 Å². The number of rotatable bonds is 10. The Kier molecular flexibility index (Phi) is 9.38. The summed E-state index contributed by atoms with van der Waals surface area (Å²) in [5.74, 6) is 0.482. The second-order valence-corrected chi connectivity index (χ2v) is 10.8. The third-order valence-electron chi connectivity index (χ3n) is 6.01. The van der Waals surface area contributed by atoms with Crippen LogP contribution in [0.2, 0.25) is 5.15 Å². The molecule has 2 aromatic carbocycles. The van der Waals surface area contributed by atoms with Crippen LogP contribution in [0.1, 0.15) is 69.3 Å². The molecule has 4 rings (SSSR count). The van der Waals surface area contributed by atoms with Gasteiger partial charge in [-0.05, 0) is 54.3 Å². The van der Waals surface area contributed by atoms with Crippen molar-refractivity contribution < 1.29 is 23.8 Å². The number of imidazole rings is 1. The van der Waals surface area contributed by atoms with E-state index in [0.29, 0.717) is 24.6 Å². The van der Waals surface area contributed by atoms with Crippen LogP contribution in [0.3, 0.4) is 0 Å². The first-order valence-corrected chi connectivity index (χ1v) is 13.7. The van der Waals surface area contributed by atoms with Crippen molar-refractivity contribution in [3.8, 4) is 22.5 Å². The van der Waals surface area contributed by atoms with Gasteiger partial charge in [0.05, 0.1) is 0 Å². The van der Waals surface area contributed by atoms with Gasteiger partial charge >= 0.3 is 12.1 Å². The van der Waals surface area contributed by atoms with Crippen molar-refractivity contribution in [2.24, 2.45) is 0 Å². The number of tetrazole rings is 1. The summed E-state index contributed by atoms with van der Waals surface area (Å²) in [4.78, 5) is 29.7. The van der Waals surface area contributed by atoms with Crippen LogP contribution in [0.4, 0.5) is 4.79 Å². The number of carbonyl (C=O) groups is 2. The quantitative estimate of drug-likeness (QED) is 0.171. The van der Waals surface area contributed by atoms with Gasteiger partial charge in [0.1, 0.15) is 11.4 Å². The van der Waals surface area contributed by atoms with Crippen molar-refractivity contribution in [2.45, 2.75) is 72.3 Å². The van der Waals surface area contributed by atoms with Crippen LogP contribution in [-0.4, -0.2) is 54.2 Å². The third kappa shape index (κ3) is 7.69. The molecule has 0 spiro atoms. The largest absolute Gasteiger partial charge is 0.511 e.